The summed E-state index contributed by atoms with van der Waals surface area (Å²) < 4.78 is 0. The summed E-state index contributed by atoms with van der Waals surface area (Å²) in [6.45, 7) is 10.8. The predicted octanol–water partition coefficient (Wildman–Crippen LogP) is 4.71. The quantitative estimate of drug-likeness (QED) is 0.551. The molecule has 1 atom stereocenters. The molecule has 0 aromatic rings. The lowest BCUT2D eigenvalue weighted by Gasteiger charge is -2.35. The van der Waals surface area contributed by atoms with Crippen LogP contribution in [0, 0.1) is 5.41 Å². The maximum Gasteiger partial charge on any atom is 0.0787 e. The highest BCUT2D eigenvalue weighted by Gasteiger charge is 2.29. The molecule has 2 nitrogen and oxygen atoms in total. The lowest BCUT2D eigenvalue weighted by molar-refractivity contribution is 0.196. The average molecular weight is 304 g/mol. The lowest BCUT2D eigenvalue weighted by Crippen LogP contribution is -2.24. The normalized spacial score (nSPS) is 21.6. The molecule has 22 heavy (non-hydrogen) atoms. The van der Waals surface area contributed by atoms with E-state index in [0.717, 1.165) is 17.6 Å². The van der Waals surface area contributed by atoms with Crippen LogP contribution in [-0.2, 0) is 0 Å². The van der Waals surface area contributed by atoms with Gasteiger partial charge in [-0.2, -0.15) is 0 Å². The van der Waals surface area contributed by atoms with E-state index in [0.29, 0.717) is 0 Å². The molecule has 1 unspecified atom stereocenters. The molecule has 0 aromatic carbocycles. The van der Waals surface area contributed by atoms with E-state index in [1.807, 2.05) is 32.1 Å². The minimum absolute atomic E-state index is 0.0595. The van der Waals surface area contributed by atoms with Crippen LogP contribution in [0.5, 0.6) is 0 Å². The first kappa shape index (κ1) is 18.9. The van der Waals surface area contributed by atoms with Crippen LogP contribution in [-0.4, -0.2) is 22.9 Å². The first-order valence-electron chi connectivity index (χ1n) is 8.27. The van der Waals surface area contributed by atoms with Crippen LogP contribution in [0.1, 0.15) is 60.3 Å². The fourth-order valence-corrected chi connectivity index (χ4v) is 3.15. The van der Waals surface area contributed by atoms with Crippen LogP contribution in [0.15, 0.2) is 46.6 Å². The topological polar surface area (TPSA) is 40.5 Å². The van der Waals surface area contributed by atoms with Crippen molar-refractivity contribution in [3.63, 3.8) is 0 Å². The van der Waals surface area contributed by atoms with Crippen molar-refractivity contribution in [1.29, 1.82) is 0 Å². The van der Waals surface area contributed by atoms with Gasteiger partial charge in [-0.1, -0.05) is 54.9 Å². The van der Waals surface area contributed by atoms with Crippen LogP contribution in [0.4, 0.5) is 0 Å². The summed E-state index contributed by atoms with van der Waals surface area (Å²) in [7, 11) is 0. The van der Waals surface area contributed by atoms with Gasteiger partial charge in [0.25, 0.3) is 0 Å². The van der Waals surface area contributed by atoms with Gasteiger partial charge in [-0.15, -0.1) is 0 Å². The van der Waals surface area contributed by atoms with Gasteiger partial charge < -0.3 is 10.2 Å². The molecule has 2 heteroatoms. The molecule has 0 radical (unpaired) electrons. The first-order valence-corrected chi connectivity index (χ1v) is 8.27. The molecule has 0 fully saturated rings. The van der Waals surface area contributed by atoms with Crippen molar-refractivity contribution in [2.45, 2.75) is 66.4 Å². The van der Waals surface area contributed by atoms with Crippen molar-refractivity contribution in [1.82, 2.24) is 0 Å². The molecule has 0 aliphatic heterocycles. The minimum atomic E-state index is -0.422. The molecule has 0 saturated carbocycles. The molecule has 2 N–H and O–H groups in total. The summed E-state index contributed by atoms with van der Waals surface area (Å²) >= 11 is 0. The van der Waals surface area contributed by atoms with Gasteiger partial charge in [-0.05, 0) is 57.4 Å². The SMILES string of the molecule is CC(=CCO)/C=C/C=C(\C)C(O)CC1=C(C)CCCC1(C)C. The number of aliphatic hydroxyl groups is 2. The Bertz CT molecular complexity index is 490. The van der Waals surface area contributed by atoms with Crippen molar-refractivity contribution in [3.8, 4) is 0 Å². The second-order valence-corrected chi connectivity index (χ2v) is 7.12. The monoisotopic (exact) mass is 304 g/mol. The summed E-state index contributed by atoms with van der Waals surface area (Å²) in [4.78, 5) is 0. The van der Waals surface area contributed by atoms with E-state index in [2.05, 4.69) is 20.8 Å². The molecule has 1 rings (SSSR count). The molecule has 1 aliphatic rings. The van der Waals surface area contributed by atoms with Crippen LogP contribution < -0.4 is 0 Å². The first-order chi connectivity index (χ1) is 10.3. The van der Waals surface area contributed by atoms with E-state index in [4.69, 9.17) is 5.11 Å². The third-order valence-electron chi connectivity index (χ3n) is 4.74. The summed E-state index contributed by atoms with van der Waals surface area (Å²) in [5.74, 6) is 0. The highest BCUT2D eigenvalue weighted by atomic mass is 16.3. The van der Waals surface area contributed by atoms with Gasteiger partial charge in [0.2, 0.25) is 0 Å². The van der Waals surface area contributed by atoms with Gasteiger partial charge in [-0.25, -0.2) is 0 Å². The van der Waals surface area contributed by atoms with E-state index in [1.54, 1.807) is 6.08 Å². The largest absolute Gasteiger partial charge is 0.392 e. The zero-order valence-corrected chi connectivity index (χ0v) is 14.8. The number of rotatable bonds is 6. The molecular formula is C20H32O2. The number of allylic oxidation sites excluding steroid dienone is 5. The Morgan fingerprint density at radius 2 is 2.00 bits per heavy atom. The molecule has 124 valence electrons. The zero-order valence-electron chi connectivity index (χ0n) is 14.8. The van der Waals surface area contributed by atoms with Gasteiger partial charge in [-0.3, -0.25) is 0 Å². The van der Waals surface area contributed by atoms with Crippen LogP contribution in [0.2, 0.25) is 0 Å². The van der Waals surface area contributed by atoms with E-state index >= 15 is 0 Å². The predicted molar refractivity (Wildman–Crippen MR) is 94.7 cm³/mol. The Balaban J connectivity index is 2.75. The number of aliphatic hydroxyl groups excluding tert-OH is 2. The van der Waals surface area contributed by atoms with E-state index < -0.39 is 6.10 Å². The zero-order chi connectivity index (χ0) is 16.8. The molecule has 0 amide bonds. The van der Waals surface area contributed by atoms with Gasteiger partial charge in [0, 0.05) is 0 Å². The smallest absolute Gasteiger partial charge is 0.0787 e. The van der Waals surface area contributed by atoms with Crippen molar-refractivity contribution in [3.05, 3.63) is 46.6 Å². The summed E-state index contributed by atoms with van der Waals surface area (Å²) in [5, 5.41) is 19.3. The minimum Gasteiger partial charge on any atom is -0.392 e. The Hall–Kier alpha value is -1.12. The average Bonchev–Trinajstić information content (AvgIpc) is 2.42. The second kappa shape index (κ2) is 8.50. The van der Waals surface area contributed by atoms with Gasteiger partial charge in [0.1, 0.15) is 0 Å². The molecule has 0 aromatic heterocycles. The maximum atomic E-state index is 10.5. The highest BCUT2D eigenvalue weighted by molar-refractivity contribution is 5.27. The van der Waals surface area contributed by atoms with Gasteiger partial charge in [0.05, 0.1) is 12.7 Å². The maximum absolute atomic E-state index is 10.5. The highest BCUT2D eigenvalue weighted by Crippen LogP contribution is 2.42. The van der Waals surface area contributed by atoms with E-state index in [-0.39, 0.29) is 12.0 Å². The summed E-state index contributed by atoms with van der Waals surface area (Å²) in [6, 6.07) is 0. The molecule has 0 bridgehead atoms. The fraction of sp³-hybridized carbons (Fsp3) is 0.600. The Morgan fingerprint density at radius 3 is 2.59 bits per heavy atom. The van der Waals surface area contributed by atoms with Gasteiger partial charge in [0.15, 0.2) is 0 Å². The number of hydrogen-bond donors (Lipinski definition) is 2. The Kier molecular flexibility index (Phi) is 7.31. The molecule has 0 heterocycles. The van der Waals surface area contributed by atoms with Crippen LogP contribution in [0.25, 0.3) is 0 Å². The third-order valence-corrected chi connectivity index (χ3v) is 4.74. The molecular weight excluding hydrogens is 272 g/mol. The van der Waals surface area contributed by atoms with Crippen LogP contribution >= 0.6 is 0 Å². The molecule has 1 aliphatic carbocycles. The van der Waals surface area contributed by atoms with Crippen molar-refractivity contribution >= 4 is 0 Å². The summed E-state index contributed by atoms with van der Waals surface area (Å²) in [5.41, 5.74) is 5.10. The van der Waals surface area contributed by atoms with Crippen molar-refractivity contribution in [2.75, 3.05) is 6.61 Å². The Labute approximate surface area is 135 Å². The molecule has 0 saturated heterocycles. The van der Waals surface area contributed by atoms with E-state index in [1.165, 1.54) is 30.4 Å². The molecule has 0 spiro atoms. The third kappa shape index (κ3) is 5.58. The van der Waals surface area contributed by atoms with Crippen LogP contribution in [0.3, 0.4) is 0 Å². The van der Waals surface area contributed by atoms with Gasteiger partial charge >= 0.3 is 0 Å². The second-order valence-electron chi connectivity index (χ2n) is 7.12. The standard InChI is InChI=1S/C20H32O2/c1-15(11-13-21)8-6-9-17(3)19(22)14-18-16(2)10-7-12-20(18,4)5/h6,8-9,11,19,21-22H,7,10,12-14H2,1-5H3/b8-6+,15-11?,17-9+. The van der Waals surface area contributed by atoms with E-state index in [9.17, 15) is 5.11 Å². The Morgan fingerprint density at radius 1 is 1.32 bits per heavy atom. The summed E-state index contributed by atoms with van der Waals surface area (Å²) in [6.07, 6.45) is 11.6. The van der Waals surface area contributed by atoms with Crippen molar-refractivity contribution in [2.24, 2.45) is 5.41 Å². The number of hydrogen-bond acceptors (Lipinski definition) is 2. The lowest BCUT2D eigenvalue weighted by atomic mass is 9.70. The fourth-order valence-electron chi connectivity index (χ4n) is 3.15. The van der Waals surface area contributed by atoms with Crippen molar-refractivity contribution < 1.29 is 10.2 Å².